The Morgan fingerprint density at radius 2 is 1.91 bits per heavy atom. The molecular formula is C20H30O2. The third-order valence-corrected chi connectivity index (χ3v) is 7.32. The van der Waals surface area contributed by atoms with Crippen molar-refractivity contribution in [3.05, 3.63) is 24.3 Å². The Bertz CT molecular complexity index is 544. The lowest BCUT2D eigenvalue weighted by Gasteiger charge is -2.60. The number of ketones is 1. The Morgan fingerprint density at radius 1 is 1.23 bits per heavy atom. The molecule has 3 rings (SSSR count). The van der Waals surface area contributed by atoms with Gasteiger partial charge in [-0.1, -0.05) is 39.8 Å². The minimum atomic E-state index is -0.286. The average molecular weight is 302 g/mol. The lowest BCUT2D eigenvalue weighted by molar-refractivity contribution is -0.147. The third kappa shape index (κ3) is 2.06. The number of rotatable bonds is 1. The van der Waals surface area contributed by atoms with Crippen molar-refractivity contribution < 1.29 is 9.90 Å². The van der Waals surface area contributed by atoms with Gasteiger partial charge in [-0.05, 0) is 53.9 Å². The number of aliphatic hydroxyl groups excluding tert-OH is 1. The van der Waals surface area contributed by atoms with E-state index in [0.717, 1.165) is 31.3 Å². The van der Waals surface area contributed by atoms with Crippen LogP contribution in [0.1, 0.15) is 59.8 Å². The molecule has 3 aliphatic rings. The lowest BCUT2D eigenvalue weighted by Crippen LogP contribution is -2.57. The second-order valence-corrected chi connectivity index (χ2v) is 8.96. The molecule has 0 spiro atoms. The minimum Gasteiger partial charge on any atom is -0.393 e. The fourth-order valence-electron chi connectivity index (χ4n) is 5.55. The molecule has 0 bridgehead atoms. The molecule has 0 saturated heterocycles. The summed E-state index contributed by atoms with van der Waals surface area (Å²) in [6, 6.07) is 0. The van der Waals surface area contributed by atoms with E-state index in [9.17, 15) is 9.90 Å². The maximum atomic E-state index is 12.8. The standard InChI is InChI=1S/C20H30O2/c1-6-19(4)9-7-14-13(12-19)15(21)11-16-18(2,3)17(22)8-10-20(14,16)5/h6,12,14,16-17,22H,1,7-11H2,2-5H3/t14-,16-,17-,19-,20+/m0/s1. The smallest absolute Gasteiger partial charge is 0.159 e. The normalized spacial score (nSPS) is 47.2. The molecule has 3 aliphatic carbocycles. The molecule has 0 aromatic heterocycles. The first-order valence-corrected chi connectivity index (χ1v) is 8.72. The molecule has 2 saturated carbocycles. The number of aliphatic hydroxyl groups is 1. The van der Waals surface area contributed by atoms with Gasteiger partial charge in [-0.15, -0.1) is 6.58 Å². The second-order valence-electron chi connectivity index (χ2n) is 8.96. The summed E-state index contributed by atoms with van der Waals surface area (Å²) in [6.07, 6.45) is 8.53. The van der Waals surface area contributed by atoms with E-state index >= 15 is 0 Å². The zero-order chi connectivity index (χ0) is 16.3. The highest BCUT2D eigenvalue weighted by Crippen LogP contribution is 2.62. The monoisotopic (exact) mass is 302 g/mol. The zero-order valence-corrected chi connectivity index (χ0v) is 14.5. The van der Waals surface area contributed by atoms with E-state index in [1.165, 1.54) is 0 Å². The van der Waals surface area contributed by atoms with Crippen LogP contribution < -0.4 is 0 Å². The van der Waals surface area contributed by atoms with E-state index in [4.69, 9.17) is 0 Å². The summed E-state index contributed by atoms with van der Waals surface area (Å²) in [7, 11) is 0. The fraction of sp³-hybridized carbons (Fsp3) is 0.750. The first-order chi connectivity index (χ1) is 10.1. The van der Waals surface area contributed by atoms with Crippen LogP contribution in [0.15, 0.2) is 24.3 Å². The van der Waals surface area contributed by atoms with Gasteiger partial charge in [0.25, 0.3) is 0 Å². The number of carbonyl (C=O) groups excluding carboxylic acids is 1. The van der Waals surface area contributed by atoms with Crippen molar-refractivity contribution in [2.75, 3.05) is 0 Å². The summed E-state index contributed by atoms with van der Waals surface area (Å²) in [5, 5.41) is 10.5. The van der Waals surface area contributed by atoms with Gasteiger partial charge in [0.2, 0.25) is 0 Å². The van der Waals surface area contributed by atoms with Crippen molar-refractivity contribution in [3.63, 3.8) is 0 Å². The average Bonchev–Trinajstić information content (AvgIpc) is 2.47. The molecule has 0 amide bonds. The predicted octanol–water partition coefficient (Wildman–Crippen LogP) is 4.29. The highest BCUT2D eigenvalue weighted by Gasteiger charge is 2.58. The summed E-state index contributed by atoms with van der Waals surface area (Å²) in [5.41, 5.74) is 0.992. The molecule has 0 aliphatic heterocycles. The highest BCUT2D eigenvalue weighted by atomic mass is 16.3. The molecule has 22 heavy (non-hydrogen) atoms. The van der Waals surface area contributed by atoms with Crippen LogP contribution in [0.25, 0.3) is 0 Å². The third-order valence-electron chi connectivity index (χ3n) is 7.32. The first-order valence-electron chi connectivity index (χ1n) is 8.72. The van der Waals surface area contributed by atoms with Gasteiger partial charge in [0, 0.05) is 11.8 Å². The van der Waals surface area contributed by atoms with Crippen LogP contribution in [0.2, 0.25) is 0 Å². The van der Waals surface area contributed by atoms with Crippen molar-refractivity contribution in [2.45, 2.75) is 65.9 Å². The Morgan fingerprint density at radius 3 is 2.55 bits per heavy atom. The van der Waals surface area contributed by atoms with Crippen LogP contribution in [0.5, 0.6) is 0 Å². The summed E-state index contributed by atoms with van der Waals surface area (Å²) in [5.74, 6) is 0.951. The van der Waals surface area contributed by atoms with Crippen molar-refractivity contribution in [1.29, 1.82) is 0 Å². The van der Waals surface area contributed by atoms with Crippen LogP contribution in [-0.4, -0.2) is 17.0 Å². The van der Waals surface area contributed by atoms with E-state index in [1.54, 1.807) is 0 Å². The van der Waals surface area contributed by atoms with E-state index in [1.807, 2.05) is 6.08 Å². The Kier molecular flexibility index (Phi) is 3.49. The molecule has 0 heterocycles. The van der Waals surface area contributed by atoms with Gasteiger partial charge >= 0.3 is 0 Å². The van der Waals surface area contributed by atoms with Gasteiger partial charge in [0.05, 0.1) is 6.10 Å². The van der Waals surface area contributed by atoms with Crippen molar-refractivity contribution in [3.8, 4) is 0 Å². The quantitative estimate of drug-likeness (QED) is 0.734. The van der Waals surface area contributed by atoms with Gasteiger partial charge in [0.1, 0.15) is 0 Å². The number of fused-ring (bicyclic) bond motifs is 3. The molecule has 0 aromatic carbocycles. The Hall–Kier alpha value is -0.890. The topological polar surface area (TPSA) is 37.3 Å². The molecule has 0 unspecified atom stereocenters. The van der Waals surface area contributed by atoms with Crippen LogP contribution >= 0.6 is 0 Å². The van der Waals surface area contributed by atoms with Gasteiger partial charge in [-0.3, -0.25) is 4.79 Å². The maximum Gasteiger partial charge on any atom is 0.159 e. The van der Waals surface area contributed by atoms with Crippen LogP contribution in [0, 0.1) is 28.1 Å². The second kappa shape index (κ2) is 4.80. The van der Waals surface area contributed by atoms with Crippen molar-refractivity contribution in [1.82, 2.24) is 0 Å². The molecule has 2 nitrogen and oxygen atoms in total. The molecule has 122 valence electrons. The number of Topliss-reactive ketones (excluding diaryl/α,β-unsaturated/α-hetero) is 1. The molecule has 5 atom stereocenters. The fourth-order valence-corrected chi connectivity index (χ4v) is 5.55. The Labute approximate surface area is 134 Å². The molecule has 0 radical (unpaired) electrons. The number of hydrogen-bond acceptors (Lipinski definition) is 2. The van der Waals surface area contributed by atoms with Crippen LogP contribution in [0.3, 0.4) is 0 Å². The number of hydrogen-bond donors (Lipinski definition) is 1. The number of carbonyl (C=O) groups is 1. The van der Waals surface area contributed by atoms with Gasteiger partial charge in [0.15, 0.2) is 5.78 Å². The lowest BCUT2D eigenvalue weighted by atomic mass is 9.45. The summed E-state index contributed by atoms with van der Waals surface area (Å²) >= 11 is 0. The van der Waals surface area contributed by atoms with E-state index in [0.29, 0.717) is 18.1 Å². The van der Waals surface area contributed by atoms with Crippen LogP contribution in [-0.2, 0) is 4.79 Å². The van der Waals surface area contributed by atoms with E-state index in [-0.39, 0.29) is 28.3 Å². The molecular weight excluding hydrogens is 272 g/mol. The SMILES string of the molecule is C=C[C@]1(C)C=C2C(=O)C[C@H]3C(C)(C)[C@@H](O)CC[C@]3(C)[C@H]2CC1. The van der Waals surface area contributed by atoms with Gasteiger partial charge in [-0.2, -0.15) is 0 Å². The van der Waals surface area contributed by atoms with E-state index in [2.05, 4.69) is 40.3 Å². The molecule has 2 fully saturated rings. The molecule has 0 aromatic rings. The maximum absolute atomic E-state index is 12.8. The first kappa shape index (κ1) is 16.0. The predicted molar refractivity (Wildman–Crippen MR) is 89.4 cm³/mol. The largest absolute Gasteiger partial charge is 0.393 e. The van der Waals surface area contributed by atoms with E-state index < -0.39 is 0 Å². The summed E-state index contributed by atoms with van der Waals surface area (Å²) in [4.78, 5) is 12.8. The zero-order valence-electron chi connectivity index (χ0n) is 14.5. The summed E-state index contributed by atoms with van der Waals surface area (Å²) in [6.45, 7) is 12.8. The van der Waals surface area contributed by atoms with Gasteiger partial charge < -0.3 is 5.11 Å². The van der Waals surface area contributed by atoms with Crippen molar-refractivity contribution in [2.24, 2.45) is 28.1 Å². The van der Waals surface area contributed by atoms with Crippen LogP contribution in [0.4, 0.5) is 0 Å². The molecule has 1 N–H and O–H groups in total. The van der Waals surface area contributed by atoms with Gasteiger partial charge in [-0.25, -0.2) is 0 Å². The highest BCUT2D eigenvalue weighted by molar-refractivity contribution is 5.97. The summed E-state index contributed by atoms with van der Waals surface area (Å²) < 4.78 is 0. The van der Waals surface area contributed by atoms with Crippen molar-refractivity contribution >= 4 is 5.78 Å². The Balaban J connectivity index is 2.05. The number of allylic oxidation sites excluding steroid dienone is 3. The minimum absolute atomic E-state index is 0.0333. The molecule has 2 heteroatoms.